The molecule has 7 heteroatoms. The Kier molecular flexibility index (Phi) is 7.14. The molecule has 0 heterocycles. The van der Waals surface area contributed by atoms with Crippen molar-refractivity contribution in [2.45, 2.75) is 20.8 Å². The van der Waals surface area contributed by atoms with Gasteiger partial charge in [0.1, 0.15) is 0 Å². The first kappa shape index (κ1) is 21.0. The summed E-state index contributed by atoms with van der Waals surface area (Å²) in [6.07, 6.45) is 0. The zero-order valence-corrected chi connectivity index (χ0v) is 16.4. The molecule has 0 bridgehead atoms. The smallest absolute Gasteiger partial charge is 0.258 e. The van der Waals surface area contributed by atoms with Crippen LogP contribution in [0.3, 0.4) is 0 Å². The van der Waals surface area contributed by atoms with Crippen LogP contribution in [-0.2, 0) is 9.59 Å². The van der Waals surface area contributed by atoms with Crippen molar-refractivity contribution in [3.63, 3.8) is 0 Å². The van der Waals surface area contributed by atoms with Gasteiger partial charge in [0.25, 0.3) is 5.91 Å². The van der Waals surface area contributed by atoms with Crippen molar-refractivity contribution in [2.75, 3.05) is 25.6 Å². The molecule has 0 saturated heterocycles. The fourth-order valence-electron chi connectivity index (χ4n) is 2.46. The number of amides is 2. The van der Waals surface area contributed by atoms with Crippen molar-refractivity contribution in [1.82, 2.24) is 5.32 Å². The van der Waals surface area contributed by atoms with E-state index in [2.05, 4.69) is 10.6 Å². The molecule has 0 fully saturated rings. The van der Waals surface area contributed by atoms with Gasteiger partial charge < -0.3 is 20.1 Å². The van der Waals surface area contributed by atoms with Gasteiger partial charge in [-0.3, -0.25) is 14.4 Å². The van der Waals surface area contributed by atoms with Gasteiger partial charge >= 0.3 is 0 Å². The molecule has 2 aromatic carbocycles. The molecule has 0 spiro atoms. The second-order valence-electron chi connectivity index (χ2n) is 6.28. The van der Waals surface area contributed by atoms with Crippen LogP contribution in [0.4, 0.5) is 5.69 Å². The van der Waals surface area contributed by atoms with Gasteiger partial charge in [-0.05, 0) is 56.2 Å². The number of ether oxygens (including phenoxy) is 2. The number of benzene rings is 2. The molecular formula is C21H24N2O5. The Labute approximate surface area is 164 Å². The predicted molar refractivity (Wildman–Crippen MR) is 106 cm³/mol. The van der Waals surface area contributed by atoms with E-state index in [0.29, 0.717) is 22.7 Å². The zero-order valence-electron chi connectivity index (χ0n) is 16.4. The van der Waals surface area contributed by atoms with Crippen molar-refractivity contribution in [3.05, 3.63) is 53.1 Å². The van der Waals surface area contributed by atoms with E-state index in [-0.39, 0.29) is 24.8 Å². The predicted octanol–water partition coefficient (Wildman–Crippen LogP) is 2.65. The summed E-state index contributed by atoms with van der Waals surface area (Å²) in [5.74, 6) is -0.188. The monoisotopic (exact) mass is 384 g/mol. The van der Waals surface area contributed by atoms with Crippen LogP contribution in [0, 0.1) is 13.8 Å². The molecule has 0 unspecified atom stereocenters. The summed E-state index contributed by atoms with van der Waals surface area (Å²) in [4.78, 5) is 35.4. The molecule has 28 heavy (non-hydrogen) atoms. The highest BCUT2D eigenvalue weighted by Gasteiger charge is 2.12. The number of rotatable bonds is 8. The Morgan fingerprint density at radius 3 is 2.43 bits per heavy atom. The Hall–Kier alpha value is -3.35. The number of ketones is 1. The van der Waals surface area contributed by atoms with E-state index >= 15 is 0 Å². The fraction of sp³-hybridized carbons (Fsp3) is 0.286. The number of nitrogens with one attached hydrogen (secondary N) is 2. The van der Waals surface area contributed by atoms with Gasteiger partial charge in [0.05, 0.1) is 13.7 Å². The highest BCUT2D eigenvalue weighted by molar-refractivity contribution is 5.95. The zero-order chi connectivity index (χ0) is 20.7. The van der Waals surface area contributed by atoms with Gasteiger partial charge in [-0.1, -0.05) is 12.1 Å². The lowest BCUT2D eigenvalue weighted by Crippen LogP contribution is -2.35. The third-order valence-corrected chi connectivity index (χ3v) is 4.25. The number of aryl methyl sites for hydroxylation is 1. The van der Waals surface area contributed by atoms with Crippen molar-refractivity contribution < 1.29 is 23.9 Å². The molecule has 148 valence electrons. The van der Waals surface area contributed by atoms with E-state index in [1.165, 1.54) is 14.0 Å². The summed E-state index contributed by atoms with van der Waals surface area (Å²) in [5.41, 5.74) is 3.24. The van der Waals surface area contributed by atoms with Crippen LogP contribution in [0.1, 0.15) is 28.4 Å². The SMILES string of the molecule is COc1cc(C(C)=O)ccc1OCC(=O)NCC(=O)Nc1cccc(C)c1C. The minimum Gasteiger partial charge on any atom is -0.493 e. The minimum absolute atomic E-state index is 0.0996. The third kappa shape index (κ3) is 5.57. The van der Waals surface area contributed by atoms with Gasteiger partial charge in [-0.15, -0.1) is 0 Å². The van der Waals surface area contributed by atoms with Crippen LogP contribution in [0.2, 0.25) is 0 Å². The van der Waals surface area contributed by atoms with Crippen LogP contribution >= 0.6 is 0 Å². The Morgan fingerprint density at radius 2 is 1.75 bits per heavy atom. The highest BCUT2D eigenvalue weighted by Crippen LogP contribution is 2.28. The lowest BCUT2D eigenvalue weighted by Gasteiger charge is -2.12. The molecule has 0 aliphatic carbocycles. The van der Waals surface area contributed by atoms with Crippen molar-refractivity contribution >= 4 is 23.3 Å². The van der Waals surface area contributed by atoms with E-state index in [1.807, 2.05) is 32.0 Å². The Balaban J connectivity index is 1.85. The van der Waals surface area contributed by atoms with Gasteiger partial charge in [0.15, 0.2) is 23.9 Å². The molecule has 0 aromatic heterocycles. The van der Waals surface area contributed by atoms with E-state index in [9.17, 15) is 14.4 Å². The first-order valence-corrected chi connectivity index (χ1v) is 8.76. The van der Waals surface area contributed by atoms with Crippen molar-refractivity contribution in [3.8, 4) is 11.5 Å². The molecule has 2 rings (SSSR count). The average molecular weight is 384 g/mol. The molecule has 2 aromatic rings. The summed E-state index contributed by atoms with van der Waals surface area (Å²) in [7, 11) is 1.45. The number of hydrogen-bond acceptors (Lipinski definition) is 5. The summed E-state index contributed by atoms with van der Waals surface area (Å²) >= 11 is 0. The Bertz CT molecular complexity index is 892. The largest absolute Gasteiger partial charge is 0.493 e. The van der Waals surface area contributed by atoms with Crippen LogP contribution in [-0.4, -0.2) is 37.9 Å². The maximum absolute atomic E-state index is 12.0. The highest BCUT2D eigenvalue weighted by atomic mass is 16.5. The average Bonchev–Trinajstić information content (AvgIpc) is 2.68. The van der Waals surface area contributed by atoms with E-state index in [1.54, 1.807) is 18.2 Å². The Morgan fingerprint density at radius 1 is 1.00 bits per heavy atom. The molecule has 0 atom stereocenters. The molecule has 0 aliphatic rings. The number of anilines is 1. The summed E-state index contributed by atoms with van der Waals surface area (Å²) in [6, 6.07) is 10.3. The number of hydrogen-bond donors (Lipinski definition) is 2. The molecule has 2 amide bonds. The van der Waals surface area contributed by atoms with Gasteiger partial charge in [0.2, 0.25) is 5.91 Å². The number of carbonyl (C=O) groups excluding carboxylic acids is 3. The molecule has 7 nitrogen and oxygen atoms in total. The number of carbonyl (C=O) groups is 3. The normalized spacial score (nSPS) is 10.1. The van der Waals surface area contributed by atoms with Crippen LogP contribution < -0.4 is 20.1 Å². The van der Waals surface area contributed by atoms with Crippen LogP contribution in [0.5, 0.6) is 11.5 Å². The molecular weight excluding hydrogens is 360 g/mol. The first-order valence-electron chi connectivity index (χ1n) is 8.76. The minimum atomic E-state index is -0.450. The number of Topliss-reactive ketones (excluding diaryl/α,β-unsaturated/α-hetero) is 1. The van der Waals surface area contributed by atoms with Crippen LogP contribution in [0.25, 0.3) is 0 Å². The lowest BCUT2D eigenvalue weighted by atomic mass is 10.1. The maximum atomic E-state index is 12.0. The maximum Gasteiger partial charge on any atom is 0.258 e. The van der Waals surface area contributed by atoms with Crippen molar-refractivity contribution in [1.29, 1.82) is 0 Å². The number of methoxy groups -OCH3 is 1. The third-order valence-electron chi connectivity index (χ3n) is 4.25. The molecule has 0 radical (unpaired) electrons. The topological polar surface area (TPSA) is 93.7 Å². The van der Waals surface area contributed by atoms with Gasteiger partial charge in [-0.2, -0.15) is 0 Å². The quantitative estimate of drug-likeness (QED) is 0.683. The molecule has 2 N–H and O–H groups in total. The molecule has 0 aliphatic heterocycles. The van der Waals surface area contributed by atoms with E-state index < -0.39 is 5.91 Å². The summed E-state index contributed by atoms with van der Waals surface area (Å²) in [5, 5.41) is 5.27. The van der Waals surface area contributed by atoms with Gasteiger partial charge in [-0.25, -0.2) is 0 Å². The van der Waals surface area contributed by atoms with Gasteiger partial charge in [0, 0.05) is 11.3 Å². The van der Waals surface area contributed by atoms with Crippen LogP contribution in [0.15, 0.2) is 36.4 Å². The van der Waals surface area contributed by atoms with Crippen molar-refractivity contribution in [2.24, 2.45) is 0 Å². The second-order valence-corrected chi connectivity index (χ2v) is 6.28. The molecule has 0 saturated carbocycles. The standard InChI is InChI=1S/C21H24N2O5/c1-13-6-5-7-17(14(13)2)23-20(25)11-22-21(26)12-28-18-9-8-16(15(3)24)10-19(18)27-4/h5-10H,11-12H2,1-4H3,(H,22,26)(H,23,25). The lowest BCUT2D eigenvalue weighted by molar-refractivity contribution is -0.125. The fourth-order valence-corrected chi connectivity index (χ4v) is 2.46. The summed E-state index contributed by atoms with van der Waals surface area (Å²) in [6.45, 7) is 4.87. The first-order chi connectivity index (χ1) is 13.3. The summed E-state index contributed by atoms with van der Waals surface area (Å²) < 4.78 is 10.6. The van der Waals surface area contributed by atoms with E-state index in [4.69, 9.17) is 9.47 Å². The van der Waals surface area contributed by atoms with E-state index in [0.717, 1.165) is 11.1 Å². The second kappa shape index (κ2) is 9.55.